The maximum atomic E-state index is 13.2. The second-order valence-corrected chi connectivity index (χ2v) is 8.63. The largest absolute Gasteiger partial charge is 0.490 e. The van der Waals surface area contributed by atoms with Gasteiger partial charge in [0.15, 0.2) is 5.75 Å². The fraction of sp³-hybridized carbons (Fsp3) is 0.400. The summed E-state index contributed by atoms with van der Waals surface area (Å²) in [6.45, 7) is 10.0. The number of carbonyl (C=O) groups is 1. The molecule has 0 aliphatic carbocycles. The molecule has 0 aliphatic heterocycles. The van der Waals surface area contributed by atoms with E-state index in [1.165, 1.54) is 0 Å². The van der Waals surface area contributed by atoms with Gasteiger partial charge in [0, 0.05) is 23.8 Å². The Morgan fingerprint density at radius 3 is 2.35 bits per heavy atom. The van der Waals surface area contributed by atoms with Gasteiger partial charge >= 0.3 is 0 Å². The van der Waals surface area contributed by atoms with Crippen molar-refractivity contribution in [3.05, 3.63) is 69.5 Å². The Labute approximate surface area is 194 Å². The second kappa shape index (κ2) is 11.0. The van der Waals surface area contributed by atoms with Crippen LogP contribution in [-0.4, -0.2) is 41.3 Å². The number of hydrogen-bond donors (Lipinski definition) is 0. The predicted octanol–water partition coefficient (Wildman–Crippen LogP) is 6.68. The summed E-state index contributed by atoms with van der Waals surface area (Å²) in [5.41, 5.74) is 2.95. The third-order valence-electron chi connectivity index (χ3n) is 5.29. The van der Waals surface area contributed by atoms with Gasteiger partial charge in [-0.25, -0.2) is 0 Å². The zero-order valence-electron chi connectivity index (χ0n) is 18.5. The molecule has 0 amide bonds. The lowest BCUT2D eigenvalue weighted by atomic mass is 10.1. The standard InChI is InChI=1S/C25H30Cl2N2O2/c1-4-10-28(11-5-2)12-8-14-31-25-21(26)16-19(17-22(25)27)24(30)23-18(3)15-20-9-6-7-13-29(20)23/h6-7,9,13,15-17H,4-5,8,10-12,14H2,1-3H3. The van der Waals surface area contributed by atoms with Crippen LogP contribution >= 0.6 is 23.2 Å². The van der Waals surface area contributed by atoms with Gasteiger partial charge in [-0.1, -0.05) is 43.1 Å². The molecule has 0 N–H and O–H groups in total. The summed E-state index contributed by atoms with van der Waals surface area (Å²) < 4.78 is 7.78. The van der Waals surface area contributed by atoms with Crippen LogP contribution in [0.4, 0.5) is 0 Å². The number of aryl methyl sites for hydroxylation is 1. The lowest BCUT2D eigenvalue weighted by Crippen LogP contribution is -2.27. The molecule has 0 aliphatic rings. The Balaban J connectivity index is 1.71. The molecule has 0 saturated heterocycles. The molecule has 3 aromatic rings. The van der Waals surface area contributed by atoms with E-state index in [0.29, 0.717) is 33.7 Å². The number of ketones is 1. The first-order valence-corrected chi connectivity index (χ1v) is 11.7. The SMILES string of the molecule is CCCN(CCC)CCCOc1c(Cl)cc(C(=O)c2c(C)cc3ccccn23)cc1Cl. The number of pyridine rings is 1. The number of halogens is 2. The molecule has 4 nitrogen and oxygen atoms in total. The van der Waals surface area contributed by atoms with E-state index in [9.17, 15) is 4.79 Å². The molecule has 0 fully saturated rings. The highest BCUT2D eigenvalue weighted by molar-refractivity contribution is 6.38. The fourth-order valence-corrected chi connectivity index (χ4v) is 4.54. The summed E-state index contributed by atoms with van der Waals surface area (Å²) in [4.78, 5) is 15.7. The van der Waals surface area contributed by atoms with Crippen molar-refractivity contribution < 1.29 is 9.53 Å². The number of aromatic nitrogens is 1. The van der Waals surface area contributed by atoms with Crippen molar-refractivity contribution in [2.45, 2.75) is 40.0 Å². The molecular formula is C25H30Cl2N2O2. The molecule has 0 atom stereocenters. The molecule has 0 unspecified atom stereocenters. The summed E-state index contributed by atoms with van der Waals surface area (Å²) in [5, 5.41) is 0.710. The van der Waals surface area contributed by atoms with E-state index in [2.05, 4.69) is 18.7 Å². The minimum Gasteiger partial charge on any atom is -0.490 e. The van der Waals surface area contributed by atoms with E-state index in [1.807, 2.05) is 41.8 Å². The molecular weight excluding hydrogens is 431 g/mol. The Hall–Kier alpha value is -2.01. The number of hydrogen-bond acceptors (Lipinski definition) is 3. The minimum absolute atomic E-state index is 0.117. The maximum absolute atomic E-state index is 13.2. The molecule has 2 aromatic heterocycles. The molecule has 0 spiro atoms. The first kappa shape index (κ1) is 23.6. The number of benzene rings is 1. The average molecular weight is 461 g/mol. The Morgan fingerprint density at radius 1 is 1.03 bits per heavy atom. The highest BCUT2D eigenvalue weighted by Crippen LogP contribution is 2.35. The van der Waals surface area contributed by atoms with E-state index < -0.39 is 0 Å². The first-order valence-electron chi connectivity index (χ1n) is 10.9. The number of rotatable bonds is 11. The quantitative estimate of drug-likeness (QED) is 0.236. The lowest BCUT2D eigenvalue weighted by molar-refractivity contribution is 0.103. The van der Waals surface area contributed by atoms with Gasteiger partial charge in [0.1, 0.15) is 0 Å². The third kappa shape index (κ3) is 5.62. The van der Waals surface area contributed by atoms with Crippen molar-refractivity contribution >= 4 is 34.5 Å². The zero-order chi connectivity index (χ0) is 22.4. The van der Waals surface area contributed by atoms with Crippen molar-refractivity contribution in [3.8, 4) is 5.75 Å². The van der Waals surface area contributed by atoms with Crippen LogP contribution in [0.2, 0.25) is 10.0 Å². The highest BCUT2D eigenvalue weighted by atomic mass is 35.5. The van der Waals surface area contributed by atoms with Gasteiger partial charge in [0.25, 0.3) is 0 Å². The molecule has 3 rings (SSSR count). The summed E-state index contributed by atoms with van der Waals surface area (Å²) >= 11 is 12.9. The molecule has 31 heavy (non-hydrogen) atoms. The number of carbonyl (C=O) groups excluding carboxylic acids is 1. The van der Waals surface area contributed by atoms with E-state index in [4.69, 9.17) is 27.9 Å². The highest BCUT2D eigenvalue weighted by Gasteiger charge is 2.20. The number of nitrogens with zero attached hydrogens (tertiary/aromatic N) is 2. The Morgan fingerprint density at radius 2 is 1.71 bits per heavy atom. The smallest absolute Gasteiger partial charge is 0.210 e. The minimum atomic E-state index is -0.117. The number of fused-ring (bicyclic) bond motifs is 1. The summed E-state index contributed by atoms with van der Waals surface area (Å²) in [5.74, 6) is 0.322. The normalized spacial score (nSPS) is 11.4. The van der Waals surface area contributed by atoms with E-state index in [-0.39, 0.29) is 5.78 Å². The number of ether oxygens (including phenoxy) is 1. The van der Waals surface area contributed by atoms with Crippen molar-refractivity contribution in [1.29, 1.82) is 0 Å². The van der Waals surface area contributed by atoms with Gasteiger partial charge in [-0.15, -0.1) is 0 Å². The maximum Gasteiger partial charge on any atom is 0.210 e. The Kier molecular flexibility index (Phi) is 8.42. The Bertz CT molecular complexity index is 1020. The summed E-state index contributed by atoms with van der Waals surface area (Å²) in [6.07, 6.45) is 5.06. The van der Waals surface area contributed by atoms with Gasteiger partial charge < -0.3 is 14.0 Å². The van der Waals surface area contributed by atoms with Gasteiger partial charge in [0.05, 0.1) is 22.3 Å². The molecule has 2 heterocycles. The van der Waals surface area contributed by atoms with Crippen molar-refractivity contribution in [3.63, 3.8) is 0 Å². The van der Waals surface area contributed by atoms with Gasteiger partial charge in [-0.3, -0.25) is 4.79 Å². The topological polar surface area (TPSA) is 34.0 Å². The van der Waals surface area contributed by atoms with Crippen LogP contribution in [-0.2, 0) is 0 Å². The molecule has 166 valence electrons. The van der Waals surface area contributed by atoms with Crippen molar-refractivity contribution in [2.24, 2.45) is 0 Å². The summed E-state index contributed by atoms with van der Waals surface area (Å²) in [6, 6.07) is 11.1. The fourth-order valence-electron chi connectivity index (χ4n) is 3.94. The zero-order valence-corrected chi connectivity index (χ0v) is 20.0. The van der Waals surface area contributed by atoms with Crippen molar-refractivity contribution in [2.75, 3.05) is 26.2 Å². The van der Waals surface area contributed by atoms with E-state index in [0.717, 1.165) is 50.0 Å². The van der Waals surface area contributed by atoms with Gasteiger partial charge in [-0.2, -0.15) is 0 Å². The third-order valence-corrected chi connectivity index (χ3v) is 5.85. The van der Waals surface area contributed by atoms with Crippen LogP contribution in [0.5, 0.6) is 5.75 Å². The molecule has 0 radical (unpaired) electrons. The average Bonchev–Trinajstić information content (AvgIpc) is 3.07. The van der Waals surface area contributed by atoms with Crippen LogP contribution in [0.15, 0.2) is 42.6 Å². The van der Waals surface area contributed by atoms with E-state index in [1.54, 1.807) is 12.1 Å². The van der Waals surface area contributed by atoms with Gasteiger partial charge in [0.2, 0.25) is 5.78 Å². The van der Waals surface area contributed by atoms with Crippen molar-refractivity contribution in [1.82, 2.24) is 9.30 Å². The monoisotopic (exact) mass is 460 g/mol. The predicted molar refractivity (Wildman–Crippen MR) is 129 cm³/mol. The van der Waals surface area contributed by atoms with E-state index >= 15 is 0 Å². The van der Waals surface area contributed by atoms with Crippen LogP contribution in [0, 0.1) is 6.92 Å². The first-order chi connectivity index (χ1) is 15.0. The molecule has 6 heteroatoms. The van der Waals surface area contributed by atoms with Crippen LogP contribution in [0.1, 0.15) is 54.7 Å². The van der Waals surface area contributed by atoms with Gasteiger partial charge in [-0.05, 0) is 75.2 Å². The summed E-state index contributed by atoms with van der Waals surface area (Å²) in [7, 11) is 0. The van der Waals surface area contributed by atoms with Crippen LogP contribution in [0.3, 0.4) is 0 Å². The van der Waals surface area contributed by atoms with Crippen LogP contribution < -0.4 is 4.74 Å². The second-order valence-electron chi connectivity index (χ2n) is 7.81. The lowest BCUT2D eigenvalue weighted by Gasteiger charge is -2.21. The van der Waals surface area contributed by atoms with Crippen LogP contribution in [0.25, 0.3) is 5.52 Å². The molecule has 0 bridgehead atoms. The molecule has 0 saturated carbocycles. The molecule has 1 aromatic carbocycles.